The molecule has 1 aliphatic carbocycles. The van der Waals surface area contributed by atoms with E-state index in [4.69, 9.17) is 4.52 Å². The highest BCUT2D eigenvalue weighted by Gasteiger charge is 2.35. The lowest BCUT2D eigenvalue weighted by Gasteiger charge is -2.38. The number of hydrogen-bond acceptors (Lipinski definition) is 6. The predicted octanol–water partition coefficient (Wildman–Crippen LogP) is 7.27. The van der Waals surface area contributed by atoms with Gasteiger partial charge in [0.2, 0.25) is 0 Å². The first-order valence-electron chi connectivity index (χ1n) is 13.1. The van der Waals surface area contributed by atoms with Crippen LogP contribution in [0.25, 0.3) is 22.2 Å². The Balaban J connectivity index is 1.28. The molecule has 0 radical (unpaired) electrons. The molecule has 0 atom stereocenters. The van der Waals surface area contributed by atoms with E-state index in [1.54, 1.807) is 30.3 Å². The maximum absolute atomic E-state index is 13.8. The second kappa shape index (κ2) is 9.36. The molecular weight excluding hydrogens is 536 g/mol. The Morgan fingerprint density at radius 3 is 2.27 bits per heavy atom. The Kier molecular flexibility index (Phi) is 5.74. The number of aromatic nitrogens is 1. The van der Waals surface area contributed by atoms with Crippen molar-refractivity contribution in [3.8, 4) is 11.3 Å². The smallest absolute Gasteiger partial charge is 0.368 e. The highest BCUT2D eigenvalue weighted by atomic mass is 19.4. The monoisotopic (exact) mass is 558 g/mol. The zero-order valence-electron chi connectivity index (χ0n) is 21.5. The van der Waals surface area contributed by atoms with Gasteiger partial charge >= 0.3 is 6.18 Å². The molecule has 1 aromatic heterocycles. The van der Waals surface area contributed by atoms with Crippen LogP contribution in [0, 0.1) is 5.82 Å². The number of fused-ring (bicyclic) bond motifs is 2. The third-order valence-corrected chi connectivity index (χ3v) is 7.66. The number of rotatable bonds is 4. The van der Waals surface area contributed by atoms with Crippen molar-refractivity contribution < 1.29 is 26.9 Å². The van der Waals surface area contributed by atoms with Crippen LogP contribution in [-0.4, -0.2) is 37.1 Å². The molecule has 0 amide bonds. The normalized spacial score (nSPS) is 14.9. The number of halogens is 4. The van der Waals surface area contributed by atoms with Gasteiger partial charge in [0.05, 0.1) is 27.9 Å². The van der Waals surface area contributed by atoms with Crippen LogP contribution in [-0.2, 0) is 6.18 Å². The molecule has 4 aromatic carbocycles. The van der Waals surface area contributed by atoms with E-state index in [0.29, 0.717) is 76.6 Å². The number of carbonyl (C=O) groups is 1. The lowest BCUT2D eigenvalue weighted by molar-refractivity contribution is -0.137. The quantitative estimate of drug-likeness (QED) is 0.230. The van der Waals surface area contributed by atoms with E-state index in [1.807, 2.05) is 23.1 Å². The van der Waals surface area contributed by atoms with E-state index in [9.17, 15) is 22.4 Å². The molecule has 7 rings (SSSR count). The highest BCUT2D eigenvalue weighted by molar-refractivity contribution is 6.28. The number of benzene rings is 4. The molecule has 0 saturated carbocycles. The molecule has 0 unspecified atom stereocenters. The number of nitrogens with zero attached hydrogens (tertiary/aromatic N) is 3. The van der Waals surface area contributed by atoms with E-state index < -0.39 is 11.7 Å². The first-order valence-corrected chi connectivity index (χ1v) is 13.1. The van der Waals surface area contributed by atoms with Crippen molar-refractivity contribution in [1.29, 1.82) is 0 Å². The third-order valence-electron chi connectivity index (χ3n) is 7.66. The first-order chi connectivity index (χ1) is 19.8. The molecule has 6 nitrogen and oxygen atoms in total. The number of carbonyl (C=O) groups excluding carboxylic acids is 1. The number of nitrogens with one attached hydrogen (secondary N) is 1. The zero-order valence-corrected chi connectivity index (χ0v) is 21.5. The van der Waals surface area contributed by atoms with Gasteiger partial charge in [-0.15, -0.1) is 0 Å². The number of ketones is 1. The molecule has 0 spiro atoms. The van der Waals surface area contributed by atoms with Gasteiger partial charge in [-0.05, 0) is 48.5 Å². The summed E-state index contributed by atoms with van der Waals surface area (Å²) >= 11 is 0. The molecule has 41 heavy (non-hydrogen) atoms. The maximum atomic E-state index is 13.8. The number of anilines is 4. The Hall–Kier alpha value is -4.86. The molecule has 10 heteroatoms. The maximum Gasteiger partial charge on any atom is 0.416 e. The van der Waals surface area contributed by atoms with Gasteiger partial charge in [-0.25, -0.2) is 4.39 Å². The molecule has 1 N–H and O–H groups in total. The lowest BCUT2D eigenvalue weighted by atomic mass is 9.86. The van der Waals surface area contributed by atoms with Gasteiger partial charge in [-0.1, -0.05) is 35.5 Å². The van der Waals surface area contributed by atoms with Gasteiger partial charge < -0.3 is 19.6 Å². The van der Waals surface area contributed by atoms with Gasteiger partial charge in [0.15, 0.2) is 11.5 Å². The number of alkyl halides is 3. The summed E-state index contributed by atoms with van der Waals surface area (Å²) in [6.45, 7) is 1.98. The molecular formula is C31H22F4N4O2. The Morgan fingerprint density at radius 1 is 0.829 bits per heavy atom. The standard InChI is InChI=1S/C31H22F4N4O2/c32-19-8-10-20(11-9-19)36-24-17-25(28-27-26(24)29(40)22-6-1-2-7-23(22)30(27)41-37-28)39-14-12-38(13-15-39)21-5-3-4-18(16-21)31(33,34)35/h1-11,16-17,36H,12-15H2. The molecule has 5 aromatic rings. The molecule has 2 aliphatic rings. The largest absolute Gasteiger partial charge is 0.416 e. The summed E-state index contributed by atoms with van der Waals surface area (Å²) in [5.74, 6) is -0.0540. The van der Waals surface area contributed by atoms with Gasteiger partial charge in [0.25, 0.3) is 0 Å². The minimum Gasteiger partial charge on any atom is -0.368 e. The summed E-state index contributed by atoms with van der Waals surface area (Å²) in [7, 11) is 0. The lowest BCUT2D eigenvalue weighted by Crippen LogP contribution is -2.46. The number of piperazine rings is 1. The van der Waals surface area contributed by atoms with Crippen LogP contribution in [0.1, 0.15) is 21.5 Å². The third kappa shape index (κ3) is 4.26. The van der Waals surface area contributed by atoms with E-state index in [-0.39, 0.29) is 11.6 Å². The molecule has 1 saturated heterocycles. The topological polar surface area (TPSA) is 61.6 Å². The van der Waals surface area contributed by atoms with Crippen LogP contribution in [0.5, 0.6) is 0 Å². The van der Waals surface area contributed by atoms with Crippen molar-refractivity contribution in [3.05, 3.63) is 101 Å². The fourth-order valence-corrected chi connectivity index (χ4v) is 5.66. The van der Waals surface area contributed by atoms with Crippen molar-refractivity contribution in [2.24, 2.45) is 0 Å². The SMILES string of the molecule is O=C1c2ccccc2-c2onc3c(N4CCN(c5cccc(C(F)(F)F)c5)CC4)cc(Nc4ccc(F)cc4)c1c23. The Bertz CT molecular complexity index is 1810. The van der Waals surface area contributed by atoms with Crippen LogP contribution < -0.4 is 15.1 Å². The Labute approximate surface area is 231 Å². The average molecular weight is 559 g/mol. The van der Waals surface area contributed by atoms with Gasteiger partial charge in [-0.2, -0.15) is 13.2 Å². The second-order valence-electron chi connectivity index (χ2n) is 10.1. The molecule has 1 fully saturated rings. The van der Waals surface area contributed by atoms with Gasteiger partial charge in [0, 0.05) is 48.7 Å². The first kappa shape index (κ1) is 25.1. The fourth-order valence-electron chi connectivity index (χ4n) is 5.66. The summed E-state index contributed by atoms with van der Waals surface area (Å²) < 4.78 is 59.3. The molecule has 0 bridgehead atoms. The predicted molar refractivity (Wildman–Crippen MR) is 148 cm³/mol. The van der Waals surface area contributed by atoms with Crippen molar-refractivity contribution in [2.45, 2.75) is 6.18 Å². The van der Waals surface area contributed by atoms with E-state index in [1.165, 1.54) is 24.3 Å². The van der Waals surface area contributed by atoms with Gasteiger partial charge in [0.1, 0.15) is 11.3 Å². The summed E-state index contributed by atoms with van der Waals surface area (Å²) in [6, 6.07) is 20.2. The minimum atomic E-state index is -4.41. The van der Waals surface area contributed by atoms with Crippen LogP contribution in [0.3, 0.4) is 0 Å². The van der Waals surface area contributed by atoms with Crippen LogP contribution in [0.4, 0.5) is 40.3 Å². The Morgan fingerprint density at radius 2 is 1.54 bits per heavy atom. The summed E-state index contributed by atoms with van der Waals surface area (Å²) in [4.78, 5) is 17.8. The van der Waals surface area contributed by atoms with Crippen molar-refractivity contribution in [3.63, 3.8) is 0 Å². The molecule has 1 aliphatic heterocycles. The summed E-state index contributed by atoms with van der Waals surface area (Å²) in [5.41, 5.74) is 3.82. The highest BCUT2D eigenvalue weighted by Crippen LogP contribution is 2.46. The van der Waals surface area contributed by atoms with Crippen molar-refractivity contribution in [2.75, 3.05) is 41.3 Å². The van der Waals surface area contributed by atoms with Gasteiger partial charge in [-0.3, -0.25) is 4.79 Å². The minimum absolute atomic E-state index is 0.174. The second-order valence-corrected chi connectivity index (χ2v) is 10.1. The van der Waals surface area contributed by atoms with Crippen molar-refractivity contribution >= 4 is 39.4 Å². The average Bonchev–Trinajstić information content (AvgIpc) is 3.42. The van der Waals surface area contributed by atoms with E-state index >= 15 is 0 Å². The van der Waals surface area contributed by atoms with Crippen LogP contribution >= 0.6 is 0 Å². The summed E-state index contributed by atoms with van der Waals surface area (Å²) in [5, 5.41) is 8.27. The van der Waals surface area contributed by atoms with Crippen LogP contribution in [0.2, 0.25) is 0 Å². The fraction of sp³-hybridized carbons (Fsp3) is 0.161. The zero-order chi connectivity index (χ0) is 28.3. The van der Waals surface area contributed by atoms with Crippen molar-refractivity contribution in [1.82, 2.24) is 5.16 Å². The van der Waals surface area contributed by atoms with Crippen LogP contribution in [0.15, 0.2) is 83.4 Å². The molecule has 206 valence electrons. The summed E-state index contributed by atoms with van der Waals surface area (Å²) in [6.07, 6.45) is -4.41. The van der Waals surface area contributed by atoms with E-state index in [2.05, 4.69) is 15.4 Å². The molecule has 2 heterocycles. The van der Waals surface area contributed by atoms with E-state index in [0.717, 1.165) is 11.8 Å². The number of hydrogen-bond donors (Lipinski definition) is 1.